The van der Waals surface area contributed by atoms with Gasteiger partial charge < -0.3 is 5.32 Å². The third-order valence-corrected chi connectivity index (χ3v) is 5.21. The lowest BCUT2D eigenvalue weighted by Crippen LogP contribution is -2.44. The lowest BCUT2D eigenvalue weighted by atomic mass is 10.1. The van der Waals surface area contributed by atoms with Crippen molar-refractivity contribution in [2.45, 2.75) is 24.5 Å². The molecule has 106 valence electrons. The van der Waals surface area contributed by atoms with Crippen LogP contribution in [-0.2, 0) is 16.4 Å². The van der Waals surface area contributed by atoms with Gasteiger partial charge in [-0.25, -0.2) is 17.5 Å². The van der Waals surface area contributed by atoms with E-state index >= 15 is 0 Å². The fraction of sp³-hybridized carbons (Fsp3) is 0.538. The lowest BCUT2D eigenvalue weighted by Gasteiger charge is -2.23. The van der Waals surface area contributed by atoms with E-state index in [0.717, 1.165) is 18.5 Å². The van der Waals surface area contributed by atoms with E-state index in [1.54, 1.807) is 12.1 Å². The normalized spacial score (nSPS) is 20.4. The summed E-state index contributed by atoms with van der Waals surface area (Å²) < 4.78 is 39.4. The average Bonchev–Trinajstić information content (AvgIpc) is 2.42. The number of piperidine rings is 1. The van der Waals surface area contributed by atoms with Crippen molar-refractivity contribution in [1.82, 2.24) is 10.0 Å². The molecule has 1 heterocycles. The van der Waals surface area contributed by atoms with Gasteiger partial charge in [0.15, 0.2) is 0 Å². The number of rotatable bonds is 5. The fourth-order valence-electron chi connectivity index (χ4n) is 2.19. The molecule has 0 saturated carbocycles. The minimum Gasteiger partial charge on any atom is -0.315 e. The molecule has 1 aromatic carbocycles. The summed E-state index contributed by atoms with van der Waals surface area (Å²) >= 11 is 0. The first-order valence-corrected chi connectivity index (χ1v) is 8.06. The molecule has 0 aromatic heterocycles. The van der Waals surface area contributed by atoms with E-state index in [0.29, 0.717) is 25.9 Å². The highest BCUT2D eigenvalue weighted by Crippen LogP contribution is 2.10. The van der Waals surface area contributed by atoms with Crippen molar-refractivity contribution in [2.24, 2.45) is 0 Å². The van der Waals surface area contributed by atoms with Crippen molar-refractivity contribution in [2.75, 3.05) is 19.6 Å². The summed E-state index contributed by atoms with van der Waals surface area (Å²) in [5.74, 6) is -0.280. The Morgan fingerprint density at radius 1 is 1.32 bits per heavy atom. The molecule has 19 heavy (non-hydrogen) atoms. The van der Waals surface area contributed by atoms with Gasteiger partial charge in [0.05, 0.1) is 5.25 Å². The van der Waals surface area contributed by atoms with Gasteiger partial charge in [0.2, 0.25) is 10.0 Å². The van der Waals surface area contributed by atoms with Gasteiger partial charge in [0.25, 0.3) is 0 Å². The zero-order chi connectivity index (χ0) is 13.7. The van der Waals surface area contributed by atoms with Crippen molar-refractivity contribution < 1.29 is 12.8 Å². The maximum absolute atomic E-state index is 12.7. The maximum atomic E-state index is 12.7. The quantitative estimate of drug-likeness (QED) is 0.850. The Kier molecular flexibility index (Phi) is 4.90. The molecule has 1 aliphatic rings. The summed E-state index contributed by atoms with van der Waals surface area (Å²) in [7, 11) is -3.25. The van der Waals surface area contributed by atoms with Crippen molar-refractivity contribution in [3.8, 4) is 0 Å². The topological polar surface area (TPSA) is 58.2 Å². The summed E-state index contributed by atoms with van der Waals surface area (Å²) in [6.07, 6.45) is 2.17. The molecular weight excluding hydrogens is 267 g/mol. The average molecular weight is 286 g/mol. The van der Waals surface area contributed by atoms with Crippen LogP contribution >= 0.6 is 0 Å². The highest BCUT2D eigenvalue weighted by atomic mass is 32.2. The number of benzene rings is 1. The van der Waals surface area contributed by atoms with E-state index < -0.39 is 10.0 Å². The Morgan fingerprint density at radius 3 is 2.68 bits per heavy atom. The first kappa shape index (κ1) is 14.4. The first-order valence-electron chi connectivity index (χ1n) is 6.51. The van der Waals surface area contributed by atoms with Crippen LogP contribution in [-0.4, -0.2) is 33.3 Å². The Morgan fingerprint density at radius 2 is 2.05 bits per heavy atom. The Balaban J connectivity index is 1.82. The summed E-state index contributed by atoms with van der Waals surface area (Å²) in [6, 6.07) is 6.11. The Labute approximate surface area is 113 Å². The molecule has 1 unspecified atom stereocenters. The van der Waals surface area contributed by atoms with Crippen LogP contribution in [0.5, 0.6) is 0 Å². The van der Waals surface area contributed by atoms with Gasteiger partial charge in [-0.2, -0.15) is 0 Å². The standard InChI is InChI=1S/C13H19FN2O2S/c14-12-5-3-11(4-6-12)7-9-16-19(17,18)13-2-1-8-15-10-13/h3-6,13,15-16H,1-2,7-10H2. The van der Waals surface area contributed by atoms with E-state index in [4.69, 9.17) is 0 Å². The Hall–Kier alpha value is -0.980. The van der Waals surface area contributed by atoms with Crippen molar-refractivity contribution in [3.63, 3.8) is 0 Å². The van der Waals surface area contributed by atoms with Crippen molar-refractivity contribution >= 4 is 10.0 Å². The van der Waals surface area contributed by atoms with Crippen LogP contribution in [0.2, 0.25) is 0 Å². The molecule has 1 fully saturated rings. The van der Waals surface area contributed by atoms with Crippen LogP contribution in [0.4, 0.5) is 4.39 Å². The smallest absolute Gasteiger partial charge is 0.215 e. The third kappa shape index (κ3) is 4.26. The summed E-state index contributed by atoms with van der Waals surface area (Å²) in [4.78, 5) is 0. The largest absolute Gasteiger partial charge is 0.315 e. The van der Waals surface area contributed by atoms with Crippen LogP contribution in [0.3, 0.4) is 0 Å². The third-order valence-electron chi connectivity index (χ3n) is 3.32. The second-order valence-electron chi connectivity index (χ2n) is 4.78. The van der Waals surface area contributed by atoms with Crippen LogP contribution in [0, 0.1) is 5.82 Å². The van der Waals surface area contributed by atoms with Crippen molar-refractivity contribution in [1.29, 1.82) is 0 Å². The van der Waals surface area contributed by atoms with Crippen LogP contribution < -0.4 is 10.0 Å². The molecule has 0 radical (unpaired) electrons. The second kappa shape index (κ2) is 6.45. The number of halogens is 1. The molecule has 0 spiro atoms. The van der Waals surface area contributed by atoms with E-state index in [1.165, 1.54) is 12.1 Å². The lowest BCUT2D eigenvalue weighted by molar-refractivity contribution is 0.490. The fourth-order valence-corrected chi connectivity index (χ4v) is 3.63. The molecule has 2 rings (SSSR count). The highest BCUT2D eigenvalue weighted by Gasteiger charge is 2.26. The minimum absolute atomic E-state index is 0.280. The van der Waals surface area contributed by atoms with E-state index in [2.05, 4.69) is 10.0 Å². The molecule has 2 N–H and O–H groups in total. The van der Waals surface area contributed by atoms with Crippen LogP contribution in [0.25, 0.3) is 0 Å². The second-order valence-corrected chi connectivity index (χ2v) is 6.83. The summed E-state index contributed by atoms with van der Waals surface area (Å²) in [5.41, 5.74) is 0.922. The van der Waals surface area contributed by atoms with E-state index in [1.807, 2.05) is 0 Å². The summed E-state index contributed by atoms with van der Waals surface area (Å²) in [5, 5.41) is 2.76. The van der Waals surface area contributed by atoms with Gasteiger partial charge >= 0.3 is 0 Å². The van der Waals surface area contributed by atoms with Crippen LogP contribution in [0.1, 0.15) is 18.4 Å². The molecule has 1 saturated heterocycles. The van der Waals surface area contributed by atoms with Crippen molar-refractivity contribution in [3.05, 3.63) is 35.6 Å². The molecule has 1 atom stereocenters. The van der Waals surface area contributed by atoms with E-state index in [-0.39, 0.29) is 11.1 Å². The molecule has 1 aromatic rings. The number of hydrogen-bond donors (Lipinski definition) is 2. The van der Waals surface area contributed by atoms with Gasteiger partial charge in [-0.1, -0.05) is 12.1 Å². The zero-order valence-corrected chi connectivity index (χ0v) is 11.5. The number of nitrogens with one attached hydrogen (secondary N) is 2. The van der Waals surface area contributed by atoms with Gasteiger partial charge in [0, 0.05) is 13.1 Å². The van der Waals surface area contributed by atoms with Gasteiger partial charge in [-0.05, 0) is 43.5 Å². The predicted octanol–water partition coefficient (Wildman–Crippen LogP) is 1.04. The van der Waals surface area contributed by atoms with E-state index in [9.17, 15) is 12.8 Å². The highest BCUT2D eigenvalue weighted by molar-refractivity contribution is 7.90. The van der Waals surface area contributed by atoms with Crippen LogP contribution in [0.15, 0.2) is 24.3 Å². The molecule has 0 bridgehead atoms. The molecule has 1 aliphatic heterocycles. The molecular formula is C13H19FN2O2S. The maximum Gasteiger partial charge on any atom is 0.215 e. The molecule has 0 amide bonds. The number of sulfonamides is 1. The van der Waals surface area contributed by atoms with Gasteiger partial charge in [-0.3, -0.25) is 0 Å². The Bertz CT molecular complexity index is 496. The number of hydrogen-bond acceptors (Lipinski definition) is 3. The zero-order valence-electron chi connectivity index (χ0n) is 10.7. The monoisotopic (exact) mass is 286 g/mol. The molecule has 4 nitrogen and oxygen atoms in total. The van der Waals surface area contributed by atoms with Gasteiger partial charge in [0.1, 0.15) is 5.82 Å². The molecule has 6 heteroatoms. The SMILES string of the molecule is O=S(=O)(NCCc1ccc(F)cc1)C1CCCNC1. The summed E-state index contributed by atoms with van der Waals surface area (Å²) in [6.45, 7) is 1.76. The molecule has 0 aliphatic carbocycles. The first-order chi connectivity index (χ1) is 9.08. The minimum atomic E-state index is -3.25. The predicted molar refractivity (Wildman–Crippen MR) is 72.9 cm³/mol. The van der Waals surface area contributed by atoms with Gasteiger partial charge in [-0.15, -0.1) is 0 Å².